The third-order valence-corrected chi connectivity index (χ3v) is 4.90. The summed E-state index contributed by atoms with van der Waals surface area (Å²) in [5, 5.41) is 0.931. The number of nitrogens with zero attached hydrogens (tertiary/aromatic N) is 2. The van der Waals surface area contributed by atoms with Gasteiger partial charge in [-0.2, -0.15) is 0 Å². The molecule has 2 aromatic carbocycles. The highest BCUT2D eigenvalue weighted by molar-refractivity contribution is 6.07. The van der Waals surface area contributed by atoms with E-state index in [0.717, 1.165) is 47.2 Å². The fraction of sp³-hybridized carbons (Fsp3) is 0.238. The van der Waals surface area contributed by atoms with Crippen LogP contribution in [-0.4, -0.2) is 11.0 Å². The Bertz CT molecular complexity index is 965. The van der Waals surface area contributed by atoms with Crippen molar-refractivity contribution in [3.63, 3.8) is 0 Å². The molecule has 0 fully saturated rings. The van der Waals surface area contributed by atoms with E-state index in [1.165, 1.54) is 17.5 Å². The number of urea groups is 1. The Morgan fingerprint density at radius 3 is 2.68 bits per heavy atom. The van der Waals surface area contributed by atoms with E-state index in [-0.39, 0.29) is 0 Å². The molecule has 1 aliphatic carbocycles. The summed E-state index contributed by atoms with van der Waals surface area (Å²) in [5.74, 6) is 0. The maximum absolute atomic E-state index is 12.5. The minimum absolute atomic E-state index is 0.463. The number of carbonyl (C=O) groups is 1. The van der Waals surface area contributed by atoms with Crippen LogP contribution in [0.3, 0.4) is 0 Å². The van der Waals surface area contributed by atoms with E-state index in [1.54, 1.807) is 4.90 Å². The van der Waals surface area contributed by atoms with Crippen molar-refractivity contribution in [2.45, 2.75) is 32.6 Å². The summed E-state index contributed by atoms with van der Waals surface area (Å²) < 4.78 is 0. The Kier molecular flexibility index (Phi) is 3.88. The summed E-state index contributed by atoms with van der Waals surface area (Å²) in [4.78, 5) is 18.7. The van der Waals surface area contributed by atoms with Crippen LogP contribution >= 0.6 is 0 Å². The molecule has 1 aliphatic rings. The van der Waals surface area contributed by atoms with E-state index in [4.69, 9.17) is 5.73 Å². The van der Waals surface area contributed by atoms with Gasteiger partial charge in [-0.05, 0) is 61.9 Å². The van der Waals surface area contributed by atoms with Crippen LogP contribution in [0.1, 0.15) is 29.7 Å². The molecule has 4 rings (SSSR count). The second-order valence-corrected chi connectivity index (χ2v) is 6.60. The fourth-order valence-corrected chi connectivity index (χ4v) is 3.81. The van der Waals surface area contributed by atoms with Crippen molar-refractivity contribution in [2.24, 2.45) is 5.73 Å². The zero-order valence-electron chi connectivity index (χ0n) is 14.3. The molecule has 0 spiro atoms. The van der Waals surface area contributed by atoms with Gasteiger partial charge in [-0.3, -0.25) is 9.88 Å². The van der Waals surface area contributed by atoms with Gasteiger partial charge in [0.05, 0.1) is 16.9 Å². The molecule has 0 aliphatic heterocycles. The summed E-state index contributed by atoms with van der Waals surface area (Å²) in [6.45, 7) is 1.94. The average molecular weight is 331 g/mol. The number of hydrogen-bond donors (Lipinski definition) is 1. The van der Waals surface area contributed by atoms with Crippen LogP contribution in [0.25, 0.3) is 10.9 Å². The number of hydrogen-bond acceptors (Lipinski definition) is 2. The summed E-state index contributed by atoms with van der Waals surface area (Å²) in [6.07, 6.45) is 4.39. The SMILES string of the molecule is Cc1cc(N(C(N)=O)c2cccc3c2CCCC3)c2ccccc2n1. The molecule has 1 heterocycles. The van der Waals surface area contributed by atoms with E-state index < -0.39 is 6.03 Å². The number of fused-ring (bicyclic) bond motifs is 2. The average Bonchev–Trinajstić information content (AvgIpc) is 2.61. The van der Waals surface area contributed by atoms with Crippen molar-refractivity contribution in [3.05, 3.63) is 65.4 Å². The Hall–Kier alpha value is -2.88. The van der Waals surface area contributed by atoms with Gasteiger partial charge in [0.25, 0.3) is 0 Å². The number of primary amides is 1. The molecule has 126 valence electrons. The third kappa shape index (κ3) is 2.74. The minimum Gasteiger partial charge on any atom is -0.351 e. The number of nitrogens with two attached hydrogens (primary N) is 1. The van der Waals surface area contributed by atoms with E-state index in [1.807, 2.05) is 49.4 Å². The normalized spacial score (nSPS) is 13.5. The predicted molar refractivity (Wildman–Crippen MR) is 101 cm³/mol. The van der Waals surface area contributed by atoms with E-state index >= 15 is 0 Å². The molecule has 2 amide bonds. The van der Waals surface area contributed by atoms with Gasteiger partial charge in [0.2, 0.25) is 0 Å². The highest BCUT2D eigenvalue weighted by atomic mass is 16.2. The van der Waals surface area contributed by atoms with Crippen LogP contribution in [-0.2, 0) is 12.8 Å². The van der Waals surface area contributed by atoms with Gasteiger partial charge >= 0.3 is 6.03 Å². The van der Waals surface area contributed by atoms with Gasteiger partial charge in [0, 0.05) is 11.1 Å². The number of benzene rings is 2. The standard InChI is InChI=1S/C21H21N3O/c1-14-13-20(17-10-4-5-11-18(17)23-14)24(21(22)25)19-12-6-8-15-7-2-3-9-16(15)19/h4-6,8,10-13H,2-3,7,9H2,1H3,(H2,22,25). The molecule has 1 aromatic heterocycles. The Labute approximate surface area is 147 Å². The molecular formula is C21H21N3O. The van der Waals surface area contributed by atoms with Gasteiger partial charge < -0.3 is 5.73 Å². The Morgan fingerprint density at radius 2 is 1.84 bits per heavy atom. The zero-order valence-corrected chi connectivity index (χ0v) is 14.3. The van der Waals surface area contributed by atoms with Gasteiger partial charge in [-0.25, -0.2) is 4.79 Å². The molecule has 4 heteroatoms. The van der Waals surface area contributed by atoms with Crippen molar-refractivity contribution in [1.29, 1.82) is 0 Å². The van der Waals surface area contributed by atoms with E-state index in [2.05, 4.69) is 11.1 Å². The second kappa shape index (κ2) is 6.20. The molecule has 25 heavy (non-hydrogen) atoms. The first-order chi connectivity index (χ1) is 12.1. The molecular weight excluding hydrogens is 310 g/mol. The molecule has 0 bridgehead atoms. The monoisotopic (exact) mass is 331 g/mol. The lowest BCUT2D eigenvalue weighted by atomic mass is 9.90. The number of aryl methyl sites for hydroxylation is 2. The van der Waals surface area contributed by atoms with Crippen molar-refractivity contribution < 1.29 is 4.79 Å². The van der Waals surface area contributed by atoms with Crippen LogP contribution in [0.5, 0.6) is 0 Å². The summed E-state index contributed by atoms with van der Waals surface area (Å²) in [7, 11) is 0. The number of rotatable bonds is 2. The maximum Gasteiger partial charge on any atom is 0.323 e. The summed E-state index contributed by atoms with van der Waals surface area (Å²) in [6, 6.07) is 15.5. The van der Waals surface area contributed by atoms with Gasteiger partial charge in [0.15, 0.2) is 0 Å². The maximum atomic E-state index is 12.5. The minimum atomic E-state index is -0.463. The van der Waals surface area contributed by atoms with Crippen LogP contribution < -0.4 is 10.6 Å². The highest BCUT2D eigenvalue weighted by Crippen LogP contribution is 2.37. The number of pyridine rings is 1. The Balaban J connectivity index is 1.97. The predicted octanol–water partition coefficient (Wildman–Crippen LogP) is 4.64. The smallest absolute Gasteiger partial charge is 0.323 e. The molecule has 3 aromatic rings. The number of aromatic nitrogens is 1. The van der Waals surface area contributed by atoms with Gasteiger partial charge in [-0.1, -0.05) is 30.3 Å². The third-order valence-electron chi connectivity index (χ3n) is 4.90. The van der Waals surface area contributed by atoms with Crippen molar-refractivity contribution in [3.8, 4) is 0 Å². The van der Waals surface area contributed by atoms with Crippen LogP contribution in [0.15, 0.2) is 48.5 Å². The number of amides is 2. The largest absolute Gasteiger partial charge is 0.351 e. The molecule has 0 atom stereocenters. The molecule has 0 unspecified atom stereocenters. The first kappa shape index (κ1) is 15.6. The first-order valence-electron chi connectivity index (χ1n) is 8.72. The fourth-order valence-electron chi connectivity index (χ4n) is 3.81. The summed E-state index contributed by atoms with van der Waals surface area (Å²) in [5.41, 5.74) is 11.8. The van der Waals surface area contributed by atoms with Crippen LogP contribution in [0.4, 0.5) is 16.2 Å². The van der Waals surface area contributed by atoms with Crippen LogP contribution in [0, 0.1) is 6.92 Å². The Morgan fingerprint density at radius 1 is 1.04 bits per heavy atom. The number of para-hydroxylation sites is 1. The van der Waals surface area contributed by atoms with Crippen LogP contribution in [0.2, 0.25) is 0 Å². The summed E-state index contributed by atoms with van der Waals surface area (Å²) >= 11 is 0. The number of carbonyl (C=O) groups excluding carboxylic acids is 1. The van der Waals surface area contributed by atoms with E-state index in [9.17, 15) is 4.79 Å². The lowest BCUT2D eigenvalue weighted by Gasteiger charge is -2.28. The zero-order chi connectivity index (χ0) is 17.4. The van der Waals surface area contributed by atoms with Crippen molar-refractivity contribution in [2.75, 3.05) is 4.90 Å². The number of anilines is 2. The second-order valence-electron chi connectivity index (χ2n) is 6.60. The quantitative estimate of drug-likeness (QED) is 0.743. The topological polar surface area (TPSA) is 59.2 Å². The lowest BCUT2D eigenvalue weighted by molar-refractivity contribution is 0.256. The van der Waals surface area contributed by atoms with Crippen molar-refractivity contribution in [1.82, 2.24) is 4.98 Å². The van der Waals surface area contributed by atoms with Crippen molar-refractivity contribution >= 4 is 28.3 Å². The van der Waals surface area contributed by atoms with E-state index in [0.29, 0.717) is 0 Å². The molecule has 0 saturated carbocycles. The first-order valence-corrected chi connectivity index (χ1v) is 8.72. The highest BCUT2D eigenvalue weighted by Gasteiger charge is 2.23. The van der Waals surface area contributed by atoms with Gasteiger partial charge in [-0.15, -0.1) is 0 Å². The molecule has 0 saturated heterocycles. The molecule has 4 nitrogen and oxygen atoms in total. The lowest BCUT2D eigenvalue weighted by Crippen LogP contribution is -2.33. The molecule has 2 N–H and O–H groups in total. The molecule has 0 radical (unpaired) electrons. The van der Waals surface area contributed by atoms with Gasteiger partial charge in [0.1, 0.15) is 0 Å².